The molecule has 4 aromatic carbocycles. The van der Waals surface area contributed by atoms with Crippen LogP contribution in [-0.2, 0) is 81.5 Å². The number of nitrogens with two attached hydrogens (primary N) is 1. The van der Waals surface area contributed by atoms with Crippen LogP contribution in [-0.4, -0.2) is 286 Å². The summed E-state index contributed by atoms with van der Waals surface area (Å²) in [5, 5.41) is 37.5. The van der Waals surface area contributed by atoms with E-state index in [1.807, 2.05) is 56.1 Å². The Morgan fingerprint density at radius 3 is 1.49 bits per heavy atom. The number of rotatable bonds is 49. The summed E-state index contributed by atoms with van der Waals surface area (Å²) in [5.74, 6) is -1.73. The lowest BCUT2D eigenvalue weighted by Crippen LogP contribution is -2.54. The maximum atomic E-state index is 13.6. The largest absolute Gasteiger partial charge is 0.496 e. The van der Waals surface area contributed by atoms with E-state index in [0.29, 0.717) is 185 Å². The Morgan fingerprint density at radius 1 is 0.534 bits per heavy atom. The van der Waals surface area contributed by atoms with E-state index >= 15 is 0 Å². The normalized spacial score (nSPS) is 15.4. The number of hydrogen-bond acceptors (Lipinski definition) is 34. The standard InChI is InChI=1S/C50H57N11O11.C26H26N6O4.C25H34N4O9.CH3F/c1-5-60-38(25-34(58-60)30-11-12-30)54-45-43-33-23-27(2)32(41-28(3)59-72-29(41)4)24-35(33)53-44(43)56-46(57-45)48(65)52-16-8-18-69-20-22-70-21-19-68-17-7-15-51-40(63)26-71-37-10-6-9-31-42(37)50(67)61(49(31)66)36-13-14-39(62)55-47(36)64;1-5-32-16(8-19(30-32)15-6-7-15)9-21-24-17-11-22(34-4)18(23-13(2)31-36-14(23)3)10-20(17)27-25(24)29-26(28-21)35-12-33;26-8-2-10-35-12-14-37-15-13-36-11-3-9-27-21(31)16-38-19-5-1-4-17-22(19)25(34)29(24(17)33)18-6-7-20(30)28-23(18)32;1-2/h6,9-10,23-25,30,36H,5,7-8,11-22,26H2,1-4H3,(H,51,63)(H,52,65)(H,55,62,64)(H2,53,54,56,57);8,10-12,15H,5-7,9H2,1-4H3,(H,27,28,29);1,4-5,18H,2-3,6-16,26H2,(H,27,31)(H,28,30,32);1H3/i;;;1D. The number of halogens is 1. The van der Waals surface area contributed by atoms with Crippen LogP contribution in [0, 0.1) is 34.6 Å². The summed E-state index contributed by atoms with van der Waals surface area (Å²) in [4.78, 5) is 176. The minimum Gasteiger partial charge on any atom is -0.496 e. The lowest BCUT2D eigenvalue weighted by Gasteiger charge is -2.27. The molecule has 18 rings (SSSR count). The van der Waals surface area contributed by atoms with Crippen molar-refractivity contribution in [2.45, 2.75) is 169 Å². The summed E-state index contributed by atoms with van der Waals surface area (Å²) < 4.78 is 85.4. The molecule has 148 heavy (non-hydrogen) atoms. The zero-order valence-electron chi connectivity index (χ0n) is 84.5. The number of nitrogens with zero attached hydrogens (tertiary/aromatic N) is 12. The van der Waals surface area contributed by atoms with Crippen molar-refractivity contribution in [2.24, 2.45) is 5.73 Å². The number of amides is 11. The van der Waals surface area contributed by atoms with Gasteiger partial charge in [-0.2, -0.15) is 20.2 Å². The maximum Gasteiger partial charge on any atom is 0.326 e. The number of methoxy groups -OCH3 is 1. The third-order valence-electron chi connectivity index (χ3n) is 25.3. The fraction of sp³-hybridized carbons (Fsp3) is 0.451. The molecule has 784 valence electrons. The topological polar surface area (TPSA) is 573 Å². The minimum absolute atomic E-state index is 0.00180. The van der Waals surface area contributed by atoms with Gasteiger partial charge in [0.05, 0.1) is 130 Å². The summed E-state index contributed by atoms with van der Waals surface area (Å²) >= 11 is 0. The Balaban J connectivity index is 0.000000181. The van der Waals surface area contributed by atoms with Crippen molar-refractivity contribution >= 4 is 127 Å². The van der Waals surface area contributed by atoms with Crippen LogP contribution in [0.15, 0.2) is 81.8 Å². The Hall–Kier alpha value is -15.2. The fourth-order valence-electron chi connectivity index (χ4n) is 17.9. The molecule has 2 saturated heterocycles. The van der Waals surface area contributed by atoms with Gasteiger partial charge in [0, 0.05) is 140 Å². The number of anilines is 2. The maximum absolute atomic E-state index is 13.6. The molecule has 4 aliphatic heterocycles. The van der Waals surface area contributed by atoms with Crippen molar-refractivity contribution in [3.8, 4) is 45.5 Å². The molecule has 10 N–H and O–H groups in total. The number of aromatic nitrogens is 12. The quantitative estimate of drug-likeness (QED) is 0.00973. The molecule has 12 heterocycles. The van der Waals surface area contributed by atoms with Crippen molar-refractivity contribution in [2.75, 3.05) is 138 Å². The second-order valence-electron chi connectivity index (χ2n) is 35.6. The molecule has 46 heteroatoms. The first-order valence-corrected chi connectivity index (χ1v) is 49.2. The number of ether oxygens (including phenoxy) is 10. The molecule has 4 fully saturated rings. The number of aryl methyl sites for hydroxylation is 7. The third kappa shape index (κ3) is 25.3. The van der Waals surface area contributed by atoms with Gasteiger partial charge in [0.25, 0.3) is 41.4 Å². The zero-order valence-corrected chi connectivity index (χ0v) is 83.5. The number of fused-ring (bicyclic) bond motifs is 8. The molecular weight excluding hydrogens is 1920 g/mol. The molecule has 0 spiro atoms. The number of imide groups is 4. The number of alkyl halides is 1. The lowest BCUT2D eigenvalue weighted by molar-refractivity contribution is -0.137. The highest BCUT2D eigenvalue weighted by molar-refractivity contribution is 6.26. The average Bonchev–Trinajstić information content (AvgIpc) is 1.59. The molecule has 45 nitrogen and oxygen atoms in total. The zero-order chi connectivity index (χ0) is 105. The highest BCUT2D eigenvalue weighted by atomic mass is 19.1. The van der Waals surface area contributed by atoms with Gasteiger partial charge in [-0.25, -0.2) is 14.6 Å². The Labute approximate surface area is 849 Å². The summed E-state index contributed by atoms with van der Waals surface area (Å²) in [6, 6.07) is 19.1. The first-order valence-electron chi connectivity index (χ1n) is 49.9. The molecule has 0 radical (unpaired) electrons. The van der Waals surface area contributed by atoms with E-state index in [0.717, 1.165) is 142 Å². The number of benzene rings is 4. The molecule has 8 aromatic heterocycles. The van der Waals surface area contributed by atoms with Crippen molar-refractivity contribution < 1.29 is 120 Å². The van der Waals surface area contributed by atoms with E-state index in [4.69, 9.17) is 83.7 Å². The number of carbonyl (C=O) groups excluding carboxylic acids is 12. The van der Waals surface area contributed by atoms with E-state index in [1.165, 1.54) is 49.2 Å². The minimum atomic E-state index is -1.11. The number of nitrogens with one attached hydrogen (secondary N) is 8. The molecule has 2 unspecified atom stereocenters. The second-order valence-corrected chi connectivity index (χ2v) is 35.6. The Kier molecular flexibility index (Phi) is 35.8. The van der Waals surface area contributed by atoms with E-state index in [1.54, 1.807) is 7.11 Å². The predicted octanol–water partition coefficient (Wildman–Crippen LogP) is 9.25. The van der Waals surface area contributed by atoms with Gasteiger partial charge < -0.3 is 93.4 Å². The van der Waals surface area contributed by atoms with Crippen molar-refractivity contribution in [1.82, 2.24) is 96.2 Å². The van der Waals surface area contributed by atoms with Crippen LogP contribution < -0.4 is 56.6 Å². The van der Waals surface area contributed by atoms with Crippen LogP contribution in [0.1, 0.15) is 207 Å². The van der Waals surface area contributed by atoms with Crippen LogP contribution in [0.2, 0.25) is 0 Å². The van der Waals surface area contributed by atoms with E-state index < -0.39 is 90.8 Å². The van der Waals surface area contributed by atoms with Crippen molar-refractivity contribution in [3.05, 3.63) is 152 Å². The average molecular weight is 2040 g/mol. The molecule has 2 saturated carbocycles. The van der Waals surface area contributed by atoms with Crippen molar-refractivity contribution in [1.29, 1.82) is 0 Å². The Morgan fingerprint density at radius 2 is 1.01 bits per heavy atom. The summed E-state index contributed by atoms with van der Waals surface area (Å²) in [5.41, 5.74) is 18.6. The van der Waals surface area contributed by atoms with Gasteiger partial charge in [0.15, 0.2) is 13.2 Å². The second kappa shape index (κ2) is 50.2. The van der Waals surface area contributed by atoms with Gasteiger partial charge in [-0.15, -0.1) is 0 Å². The van der Waals surface area contributed by atoms with Crippen LogP contribution in [0.3, 0.4) is 0 Å². The molecule has 6 aliphatic rings. The van der Waals surface area contributed by atoms with Gasteiger partial charge in [-0.05, 0) is 185 Å². The summed E-state index contributed by atoms with van der Waals surface area (Å²) in [6.45, 7) is 21.6. The van der Waals surface area contributed by atoms with Gasteiger partial charge >= 0.3 is 12.5 Å². The number of piperidine rings is 2. The van der Waals surface area contributed by atoms with Crippen LogP contribution in [0.5, 0.6) is 23.3 Å². The van der Waals surface area contributed by atoms with Gasteiger partial charge in [0.1, 0.15) is 63.8 Å². The molecule has 12 aromatic rings. The third-order valence-corrected chi connectivity index (χ3v) is 25.3. The Bertz CT molecular complexity index is 6900. The SMILES string of the molecule is CCn1nc(C2CC2)cc1Cc1nc(OC=O)nc2[nH]c3cc(-c4c(C)noc4C)c(OC)cc3c12.CCn1nc(C2CC2)cc1Nc1nc(C(=O)NCCCOCCOCCOCCCNC(=O)COc2cccc3c2C(=O)N(C2CCC(=O)NC2=O)C3=O)nc2[nH]c3cc(-c4c(C)noc4C)c(C)cc3c12.NCCCOCCOCCOCCCNC(=O)COc1cccc2c1C(=O)N(C1CCC(=O)NC1=O)C2=O.[2H]CF. The van der Waals surface area contributed by atoms with Gasteiger partial charge in [-0.1, -0.05) is 22.4 Å². The molecule has 2 atom stereocenters. The molecular formula is C102H120FN21O24. The number of carbonyl (C=O) groups is 12. The van der Waals surface area contributed by atoms with Crippen LogP contribution in [0.25, 0.3) is 66.1 Å². The highest BCUT2D eigenvalue weighted by Crippen LogP contribution is 2.46. The fourth-order valence-corrected chi connectivity index (χ4v) is 17.9. The van der Waals surface area contributed by atoms with Gasteiger partial charge in [0.2, 0.25) is 29.5 Å². The van der Waals surface area contributed by atoms with E-state index in [9.17, 15) is 61.9 Å². The summed E-state index contributed by atoms with van der Waals surface area (Å²) in [7, 11) is 0.643. The van der Waals surface area contributed by atoms with E-state index in [2.05, 4.69) is 100 Å². The number of aromatic amines is 2. The highest BCUT2D eigenvalue weighted by Gasteiger charge is 2.48. The molecule has 11 amide bonds. The monoisotopic (exact) mass is 2040 g/mol. The van der Waals surface area contributed by atoms with Crippen LogP contribution >= 0.6 is 0 Å². The van der Waals surface area contributed by atoms with Crippen LogP contribution in [0.4, 0.5) is 16.0 Å². The first-order chi connectivity index (χ1) is 72.2. The van der Waals surface area contributed by atoms with E-state index in [-0.39, 0.29) is 77.9 Å². The number of H-pyrrole nitrogens is 2. The molecule has 2 aliphatic carbocycles. The summed E-state index contributed by atoms with van der Waals surface area (Å²) in [6.07, 6.45) is 7.74. The van der Waals surface area contributed by atoms with Gasteiger partial charge in [-0.3, -0.25) is 87.0 Å². The number of hydrogen-bond donors (Lipinski definition) is 9. The van der Waals surface area contributed by atoms with Crippen molar-refractivity contribution in [3.63, 3.8) is 0 Å². The smallest absolute Gasteiger partial charge is 0.326 e. The molecule has 0 bridgehead atoms. The predicted molar refractivity (Wildman–Crippen MR) is 532 cm³/mol. The lowest BCUT2D eigenvalue weighted by atomic mass is 9.97. The first kappa shape index (κ1) is 106.